The van der Waals surface area contributed by atoms with Gasteiger partial charge < -0.3 is 15.2 Å². The van der Waals surface area contributed by atoms with Crippen molar-refractivity contribution in [2.24, 2.45) is 0 Å². The van der Waals surface area contributed by atoms with Gasteiger partial charge in [-0.1, -0.05) is 0 Å². The molecular formula is C8H13NO4. The van der Waals surface area contributed by atoms with Crippen molar-refractivity contribution in [2.45, 2.75) is 25.4 Å². The Labute approximate surface area is 76.1 Å². The third-order valence-electron chi connectivity index (χ3n) is 1.97. The fourth-order valence-corrected chi connectivity index (χ4v) is 1.29. The number of amides is 1. The van der Waals surface area contributed by atoms with Gasteiger partial charge in [-0.3, -0.25) is 4.79 Å². The zero-order valence-electron chi connectivity index (χ0n) is 7.28. The van der Waals surface area contributed by atoms with Gasteiger partial charge in [0.25, 0.3) is 0 Å². The molecule has 1 aliphatic heterocycles. The minimum absolute atomic E-state index is 0.189. The Morgan fingerprint density at radius 1 is 1.54 bits per heavy atom. The molecule has 1 heterocycles. The molecule has 0 radical (unpaired) electrons. The summed E-state index contributed by atoms with van der Waals surface area (Å²) in [5.74, 6) is -2.38. The van der Waals surface area contributed by atoms with E-state index in [1.165, 1.54) is 0 Å². The van der Waals surface area contributed by atoms with Gasteiger partial charge in [-0.05, 0) is 19.3 Å². The summed E-state index contributed by atoms with van der Waals surface area (Å²) in [6, 6.07) is 0. The Morgan fingerprint density at radius 3 is 2.85 bits per heavy atom. The Balaban J connectivity index is 2.06. The molecule has 13 heavy (non-hydrogen) atoms. The van der Waals surface area contributed by atoms with Gasteiger partial charge in [-0.25, -0.2) is 4.79 Å². The number of hydrogen-bond donors (Lipinski definition) is 2. The van der Waals surface area contributed by atoms with E-state index in [9.17, 15) is 9.59 Å². The quantitative estimate of drug-likeness (QED) is 0.598. The van der Waals surface area contributed by atoms with Crippen LogP contribution in [0.1, 0.15) is 19.3 Å². The first-order chi connectivity index (χ1) is 6.20. The topological polar surface area (TPSA) is 75.6 Å². The number of carboxylic acid groups (broad SMARTS) is 1. The molecule has 1 rings (SSSR count). The molecule has 1 unspecified atom stereocenters. The van der Waals surface area contributed by atoms with Crippen molar-refractivity contribution in [3.05, 3.63) is 0 Å². The maximum Gasteiger partial charge on any atom is 0.394 e. The zero-order valence-corrected chi connectivity index (χ0v) is 7.28. The highest BCUT2D eigenvalue weighted by molar-refractivity contribution is 6.31. The first-order valence-corrected chi connectivity index (χ1v) is 4.33. The van der Waals surface area contributed by atoms with Gasteiger partial charge in [0.15, 0.2) is 0 Å². The molecule has 0 aromatic heterocycles. The molecule has 0 saturated carbocycles. The monoisotopic (exact) mass is 187 g/mol. The van der Waals surface area contributed by atoms with Crippen LogP contribution in [0.5, 0.6) is 0 Å². The van der Waals surface area contributed by atoms with Crippen molar-refractivity contribution in [3.63, 3.8) is 0 Å². The average molecular weight is 187 g/mol. The van der Waals surface area contributed by atoms with Crippen molar-refractivity contribution in [2.75, 3.05) is 13.2 Å². The van der Waals surface area contributed by atoms with Gasteiger partial charge in [0.05, 0.1) is 6.10 Å². The van der Waals surface area contributed by atoms with Gasteiger partial charge in [0.1, 0.15) is 0 Å². The van der Waals surface area contributed by atoms with Gasteiger partial charge in [0.2, 0.25) is 0 Å². The molecule has 0 aromatic carbocycles. The highest BCUT2D eigenvalue weighted by atomic mass is 16.5. The molecule has 1 aliphatic rings. The Bertz CT molecular complexity index is 198. The summed E-state index contributed by atoms with van der Waals surface area (Å²) in [4.78, 5) is 20.6. The van der Waals surface area contributed by atoms with Gasteiger partial charge in [-0.15, -0.1) is 0 Å². The van der Waals surface area contributed by atoms with E-state index >= 15 is 0 Å². The molecule has 2 N–H and O–H groups in total. The van der Waals surface area contributed by atoms with E-state index in [0.29, 0.717) is 13.0 Å². The number of aliphatic carboxylic acids is 1. The van der Waals surface area contributed by atoms with E-state index in [1.54, 1.807) is 0 Å². The first-order valence-electron chi connectivity index (χ1n) is 4.33. The van der Waals surface area contributed by atoms with Gasteiger partial charge >= 0.3 is 11.9 Å². The molecule has 0 aliphatic carbocycles. The fraction of sp³-hybridized carbons (Fsp3) is 0.750. The van der Waals surface area contributed by atoms with Crippen molar-refractivity contribution in [1.29, 1.82) is 0 Å². The SMILES string of the molecule is O=C(O)C(=O)NCCC1CCCO1. The zero-order chi connectivity index (χ0) is 9.68. The molecule has 1 amide bonds. The molecule has 5 nitrogen and oxygen atoms in total. The second-order valence-corrected chi connectivity index (χ2v) is 2.98. The molecule has 0 bridgehead atoms. The lowest BCUT2D eigenvalue weighted by molar-refractivity contribution is -0.150. The number of nitrogens with one attached hydrogen (secondary N) is 1. The Morgan fingerprint density at radius 2 is 2.31 bits per heavy atom. The molecule has 0 spiro atoms. The predicted molar refractivity (Wildman–Crippen MR) is 44.2 cm³/mol. The molecule has 5 heteroatoms. The smallest absolute Gasteiger partial charge is 0.394 e. The van der Waals surface area contributed by atoms with Crippen LogP contribution in [0, 0.1) is 0 Å². The van der Waals surface area contributed by atoms with Crippen LogP contribution < -0.4 is 5.32 Å². The van der Waals surface area contributed by atoms with Crippen molar-refractivity contribution >= 4 is 11.9 Å². The second kappa shape index (κ2) is 4.81. The summed E-state index contributed by atoms with van der Waals surface area (Å²) in [7, 11) is 0. The lowest BCUT2D eigenvalue weighted by atomic mass is 10.2. The number of carbonyl (C=O) groups is 2. The highest BCUT2D eigenvalue weighted by Gasteiger charge is 2.16. The van der Waals surface area contributed by atoms with Crippen LogP contribution >= 0.6 is 0 Å². The molecule has 74 valence electrons. The van der Waals surface area contributed by atoms with Gasteiger partial charge in [0, 0.05) is 13.2 Å². The van der Waals surface area contributed by atoms with E-state index < -0.39 is 11.9 Å². The van der Waals surface area contributed by atoms with Crippen LogP contribution in [-0.4, -0.2) is 36.2 Å². The van der Waals surface area contributed by atoms with E-state index in [-0.39, 0.29) is 6.10 Å². The van der Waals surface area contributed by atoms with E-state index in [0.717, 1.165) is 19.4 Å². The molecule has 0 aromatic rings. The average Bonchev–Trinajstić information content (AvgIpc) is 2.56. The summed E-state index contributed by atoms with van der Waals surface area (Å²) in [5, 5.41) is 10.5. The lowest BCUT2D eigenvalue weighted by Gasteiger charge is -2.08. The third kappa shape index (κ3) is 3.42. The maximum atomic E-state index is 10.6. The van der Waals surface area contributed by atoms with Crippen LogP contribution in [0.4, 0.5) is 0 Å². The fourth-order valence-electron chi connectivity index (χ4n) is 1.29. The Kier molecular flexibility index (Phi) is 3.70. The van der Waals surface area contributed by atoms with Crippen LogP contribution in [0.15, 0.2) is 0 Å². The van der Waals surface area contributed by atoms with Gasteiger partial charge in [-0.2, -0.15) is 0 Å². The minimum atomic E-state index is -1.44. The van der Waals surface area contributed by atoms with Crippen molar-refractivity contribution in [3.8, 4) is 0 Å². The lowest BCUT2D eigenvalue weighted by Crippen LogP contribution is -2.32. The van der Waals surface area contributed by atoms with E-state index in [4.69, 9.17) is 9.84 Å². The van der Waals surface area contributed by atoms with E-state index in [1.807, 2.05) is 0 Å². The molecule has 1 atom stereocenters. The maximum absolute atomic E-state index is 10.6. The number of hydrogen-bond acceptors (Lipinski definition) is 3. The number of ether oxygens (including phenoxy) is 1. The second-order valence-electron chi connectivity index (χ2n) is 2.98. The molecular weight excluding hydrogens is 174 g/mol. The summed E-state index contributed by atoms with van der Waals surface area (Å²) in [6.07, 6.45) is 2.94. The molecule has 1 fully saturated rings. The van der Waals surface area contributed by atoms with E-state index in [2.05, 4.69) is 5.32 Å². The summed E-state index contributed by atoms with van der Waals surface area (Å²) in [6.45, 7) is 1.15. The van der Waals surface area contributed by atoms with Crippen molar-refractivity contribution < 1.29 is 19.4 Å². The van der Waals surface area contributed by atoms with Crippen LogP contribution in [0.25, 0.3) is 0 Å². The summed E-state index contributed by atoms with van der Waals surface area (Å²) >= 11 is 0. The standard InChI is InChI=1S/C8H13NO4/c10-7(8(11)12)9-4-3-6-2-1-5-13-6/h6H,1-5H2,(H,9,10)(H,11,12). The van der Waals surface area contributed by atoms with Crippen LogP contribution in [-0.2, 0) is 14.3 Å². The largest absolute Gasteiger partial charge is 0.474 e. The number of carboxylic acids is 1. The summed E-state index contributed by atoms with van der Waals surface area (Å²) < 4.78 is 5.30. The van der Waals surface area contributed by atoms with Crippen LogP contribution in [0.2, 0.25) is 0 Å². The highest BCUT2D eigenvalue weighted by Crippen LogP contribution is 2.14. The summed E-state index contributed by atoms with van der Waals surface area (Å²) in [5.41, 5.74) is 0. The number of carbonyl (C=O) groups excluding carboxylic acids is 1. The first kappa shape index (κ1) is 9.98. The van der Waals surface area contributed by atoms with Crippen molar-refractivity contribution in [1.82, 2.24) is 5.32 Å². The predicted octanol–water partition coefficient (Wildman–Crippen LogP) is -0.244. The Hall–Kier alpha value is -1.10. The van der Waals surface area contributed by atoms with Crippen LogP contribution in [0.3, 0.4) is 0 Å². The third-order valence-corrected chi connectivity index (χ3v) is 1.97. The normalized spacial score (nSPS) is 21.4. The molecule has 1 saturated heterocycles. The minimum Gasteiger partial charge on any atom is -0.474 e. The number of rotatable bonds is 3.